The van der Waals surface area contributed by atoms with Gasteiger partial charge in [0.1, 0.15) is 0 Å². The minimum Gasteiger partial charge on any atom is -0.396 e. The van der Waals surface area contributed by atoms with E-state index in [0.717, 1.165) is 5.56 Å². The lowest BCUT2D eigenvalue weighted by Crippen LogP contribution is -1.97. The standard InChI is InChI=1S/C8H11NO/c1-7(6-10)8-2-4-9-5-3-8/h2-5,7,10H,6H2,1H3/t7-/m0/s1. The van der Waals surface area contributed by atoms with Gasteiger partial charge in [-0.1, -0.05) is 6.92 Å². The van der Waals surface area contributed by atoms with Crippen molar-refractivity contribution in [2.75, 3.05) is 6.61 Å². The maximum absolute atomic E-state index is 8.77. The fraction of sp³-hybridized carbons (Fsp3) is 0.375. The molecule has 0 unspecified atom stereocenters. The van der Waals surface area contributed by atoms with Gasteiger partial charge in [-0.25, -0.2) is 0 Å². The molecule has 2 nitrogen and oxygen atoms in total. The lowest BCUT2D eigenvalue weighted by Gasteiger charge is -2.05. The Labute approximate surface area is 60.5 Å². The largest absolute Gasteiger partial charge is 0.396 e. The van der Waals surface area contributed by atoms with Crippen LogP contribution in [-0.4, -0.2) is 16.7 Å². The molecule has 0 spiro atoms. The van der Waals surface area contributed by atoms with Crippen LogP contribution in [0.5, 0.6) is 0 Å². The molecule has 1 N–H and O–H groups in total. The van der Waals surface area contributed by atoms with Crippen LogP contribution in [0.3, 0.4) is 0 Å². The highest BCUT2D eigenvalue weighted by Gasteiger charge is 2.00. The molecule has 10 heavy (non-hydrogen) atoms. The molecule has 2 heteroatoms. The van der Waals surface area contributed by atoms with Crippen LogP contribution in [0, 0.1) is 0 Å². The summed E-state index contributed by atoms with van der Waals surface area (Å²) in [5.74, 6) is 0.225. The van der Waals surface area contributed by atoms with Crippen molar-refractivity contribution >= 4 is 0 Å². The Morgan fingerprint density at radius 1 is 1.50 bits per heavy atom. The number of hydrogen-bond donors (Lipinski definition) is 1. The highest BCUT2D eigenvalue weighted by atomic mass is 16.3. The van der Waals surface area contributed by atoms with Gasteiger partial charge in [0.2, 0.25) is 0 Å². The first-order chi connectivity index (χ1) is 4.84. The fourth-order valence-corrected chi connectivity index (χ4v) is 0.797. The number of aliphatic hydroxyl groups is 1. The van der Waals surface area contributed by atoms with Gasteiger partial charge in [0.25, 0.3) is 0 Å². The average Bonchev–Trinajstić information content (AvgIpc) is 2.05. The molecule has 0 aromatic carbocycles. The van der Waals surface area contributed by atoms with Crippen LogP contribution in [0.15, 0.2) is 24.5 Å². The normalized spacial score (nSPS) is 13.0. The molecule has 1 heterocycles. The smallest absolute Gasteiger partial charge is 0.0497 e. The van der Waals surface area contributed by atoms with E-state index in [1.54, 1.807) is 12.4 Å². The third-order valence-corrected chi connectivity index (χ3v) is 1.55. The third kappa shape index (κ3) is 1.54. The number of hydrogen-bond acceptors (Lipinski definition) is 2. The van der Waals surface area contributed by atoms with Gasteiger partial charge in [0.15, 0.2) is 0 Å². The molecule has 0 radical (unpaired) electrons. The Hall–Kier alpha value is -0.890. The Bertz CT molecular complexity index is 186. The second-order valence-electron chi connectivity index (χ2n) is 2.36. The van der Waals surface area contributed by atoms with Gasteiger partial charge < -0.3 is 5.11 Å². The molecule has 0 aliphatic heterocycles. The number of rotatable bonds is 2. The van der Waals surface area contributed by atoms with Crippen molar-refractivity contribution in [3.8, 4) is 0 Å². The summed E-state index contributed by atoms with van der Waals surface area (Å²) < 4.78 is 0. The van der Waals surface area contributed by atoms with Crippen LogP contribution >= 0.6 is 0 Å². The Kier molecular flexibility index (Phi) is 2.40. The van der Waals surface area contributed by atoms with Crippen LogP contribution in [-0.2, 0) is 0 Å². The summed E-state index contributed by atoms with van der Waals surface area (Å²) in [5.41, 5.74) is 1.14. The number of aliphatic hydroxyl groups excluding tert-OH is 1. The number of aromatic nitrogens is 1. The van der Waals surface area contributed by atoms with E-state index in [-0.39, 0.29) is 12.5 Å². The van der Waals surface area contributed by atoms with Gasteiger partial charge in [-0.05, 0) is 17.7 Å². The molecule has 0 amide bonds. The summed E-state index contributed by atoms with van der Waals surface area (Å²) in [6.07, 6.45) is 3.48. The van der Waals surface area contributed by atoms with Gasteiger partial charge >= 0.3 is 0 Å². The second-order valence-corrected chi connectivity index (χ2v) is 2.36. The zero-order valence-electron chi connectivity index (χ0n) is 5.99. The summed E-state index contributed by atoms with van der Waals surface area (Å²) in [7, 11) is 0. The highest BCUT2D eigenvalue weighted by molar-refractivity contribution is 5.14. The zero-order chi connectivity index (χ0) is 7.40. The predicted molar refractivity (Wildman–Crippen MR) is 39.7 cm³/mol. The van der Waals surface area contributed by atoms with Crippen LogP contribution in [0.1, 0.15) is 18.4 Å². The summed E-state index contributed by atoms with van der Waals surface area (Å²) >= 11 is 0. The third-order valence-electron chi connectivity index (χ3n) is 1.55. The molecule has 54 valence electrons. The van der Waals surface area contributed by atoms with Crippen molar-refractivity contribution in [3.63, 3.8) is 0 Å². The molecule has 1 aromatic heterocycles. The van der Waals surface area contributed by atoms with Gasteiger partial charge in [0.05, 0.1) is 0 Å². The quantitative estimate of drug-likeness (QED) is 0.664. The van der Waals surface area contributed by atoms with Gasteiger partial charge in [0, 0.05) is 24.9 Å². The van der Waals surface area contributed by atoms with E-state index in [9.17, 15) is 0 Å². The second kappa shape index (κ2) is 3.32. The molecule has 0 bridgehead atoms. The van der Waals surface area contributed by atoms with Crippen LogP contribution in [0.2, 0.25) is 0 Å². The maximum Gasteiger partial charge on any atom is 0.0497 e. The summed E-state index contributed by atoms with van der Waals surface area (Å²) in [5, 5.41) is 8.77. The van der Waals surface area contributed by atoms with Gasteiger partial charge in [-0.2, -0.15) is 0 Å². The molecule has 0 saturated carbocycles. The molecule has 0 aliphatic carbocycles. The Morgan fingerprint density at radius 2 is 2.10 bits per heavy atom. The van der Waals surface area contributed by atoms with Gasteiger partial charge in [-0.15, -0.1) is 0 Å². The van der Waals surface area contributed by atoms with Gasteiger partial charge in [-0.3, -0.25) is 4.98 Å². The Morgan fingerprint density at radius 3 is 2.60 bits per heavy atom. The Balaban J connectivity index is 2.75. The van der Waals surface area contributed by atoms with Crippen molar-refractivity contribution in [2.45, 2.75) is 12.8 Å². The summed E-state index contributed by atoms with van der Waals surface area (Å²) in [4.78, 5) is 3.88. The highest BCUT2D eigenvalue weighted by Crippen LogP contribution is 2.11. The average molecular weight is 137 g/mol. The molecule has 0 aliphatic rings. The van der Waals surface area contributed by atoms with Crippen molar-refractivity contribution in [3.05, 3.63) is 30.1 Å². The van der Waals surface area contributed by atoms with Crippen molar-refractivity contribution < 1.29 is 5.11 Å². The molecule has 0 fully saturated rings. The molecule has 1 aromatic rings. The monoisotopic (exact) mass is 137 g/mol. The topological polar surface area (TPSA) is 33.1 Å². The van der Waals surface area contributed by atoms with E-state index in [2.05, 4.69) is 4.98 Å². The molecular weight excluding hydrogens is 126 g/mol. The van der Waals surface area contributed by atoms with E-state index in [4.69, 9.17) is 5.11 Å². The first-order valence-electron chi connectivity index (χ1n) is 3.35. The van der Waals surface area contributed by atoms with Crippen molar-refractivity contribution in [1.29, 1.82) is 0 Å². The minimum absolute atomic E-state index is 0.198. The molecule has 0 saturated heterocycles. The summed E-state index contributed by atoms with van der Waals surface area (Å²) in [6, 6.07) is 3.84. The predicted octanol–water partition coefficient (Wildman–Crippen LogP) is 1.18. The maximum atomic E-state index is 8.77. The van der Waals surface area contributed by atoms with E-state index in [0.29, 0.717) is 0 Å². The number of nitrogens with zero attached hydrogens (tertiary/aromatic N) is 1. The zero-order valence-corrected chi connectivity index (χ0v) is 5.99. The van der Waals surface area contributed by atoms with Crippen molar-refractivity contribution in [2.24, 2.45) is 0 Å². The number of pyridine rings is 1. The summed E-state index contributed by atoms with van der Waals surface area (Å²) in [6.45, 7) is 2.18. The van der Waals surface area contributed by atoms with E-state index < -0.39 is 0 Å². The molecule has 1 atom stereocenters. The van der Waals surface area contributed by atoms with Crippen molar-refractivity contribution in [1.82, 2.24) is 4.98 Å². The lowest BCUT2D eigenvalue weighted by molar-refractivity contribution is 0.273. The first kappa shape index (κ1) is 7.22. The lowest BCUT2D eigenvalue weighted by atomic mass is 10.0. The fourth-order valence-electron chi connectivity index (χ4n) is 0.797. The molecule has 1 rings (SSSR count). The first-order valence-corrected chi connectivity index (χ1v) is 3.35. The van der Waals surface area contributed by atoms with Crippen LogP contribution in [0.4, 0.5) is 0 Å². The van der Waals surface area contributed by atoms with Crippen LogP contribution < -0.4 is 0 Å². The van der Waals surface area contributed by atoms with E-state index in [1.165, 1.54) is 0 Å². The SMILES string of the molecule is C[C@@H](CO)c1ccncc1. The molecular formula is C8H11NO. The van der Waals surface area contributed by atoms with Crippen LogP contribution in [0.25, 0.3) is 0 Å². The van der Waals surface area contributed by atoms with E-state index in [1.807, 2.05) is 19.1 Å². The van der Waals surface area contributed by atoms with E-state index >= 15 is 0 Å². The minimum atomic E-state index is 0.198.